The number of nitrogens with two attached hydrogens (primary N) is 1. The van der Waals surface area contributed by atoms with Crippen molar-refractivity contribution in [2.75, 3.05) is 0 Å². The van der Waals surface area contributed by atoms with Crippen molar-refractivity contribution >= 4 is 0 Å². The molecule has 106 valence electrons. The van der Waals surface area contributed by atoms with Crippen LogP contribution in [0.1, 0.15) is 61.8 Å². The van der Waals surface area contributed by atoms with E-state index in [4.69, 9.17) is 10.3 Å². The lowest BCUT2D eigenvalue weighted by Crippen LogP contribution is -2.14. The number of hydrogen-bond acceptors (Lipinski definition) is 4. The molecule has 3 rings (SSSR count). The normalized spacial score (nSPS) is 24.5. The monoisotopic (exact) mass is 271 g/mol. The Kier molecular flexibility index (Phi) is 3.83. The van der Waals surface area contributed by atoms with E-state index in [1.54, 1.807) is 0 Å². The number of rotatable bonds is 3. The van der Waals surface area contributed by atoms with Gasteiger partial charge in [-0.3, -0.25) is 0 Å². The number of benzene rings is 1. The molecule has 4 nitrogen and oxygen atoms in total. The van der Waals surface area contributed by atoms with Gasteiger partial charge in [0.1, 0.15) is 6.04 Å². The first-order chi connectivity index (χ1) is 9.74. The maximum absolute atomic E-state index is 6.19. The van der Waals surface area contributed by atoms with Crippen LogP contribution in [0.2, 0.25) is 0 Å². The molecule has 0 bridgehead atoms. The van der Waals surface area contributed by atoms with Gasteiger partial charge >= 0.3 is 0 Å². The fraction of sp³-hybridized carbons (Fsp3) is 0.500. The summed E-state index contributed by atoms with van der Waals surface area (Å²) in [6.45, 7) is 2.29. The number of hydrogen-bond donors (Lipinski definition) is 1. The van der Waals surface area contributed by atoms with E-state index in [1.165, 1.54) is 12.8 Å². The van der Waals surface area contributed by atoms with Crippen LogP contribution in [-0.4, -0.2) is 10.1 Å². The van der Waals surface area contributed by atoms with Crippen molar-refractivity contribution in [3.8, 4) is 0 Å². The zero-order chi connectivity index (χ0) is 13.9. The molecule has 2 aromatic rings. The molecule has 3 atom stereocenters. The molecule has 0 amide bonds. The van der Waals surface area contributed by atoms with E-state index in [9.17, 15) is 0 Å². The molecule has 1 aliphatic rings. The molecule has 1 heterocycles. The minimum Gasteiger partial charge on any atom is -0.337 e. The van der Waals surface area contributed by atoms with Crippen LogP contribution in [-0.2, 0) is 0 Å². The molecule has 1 fully saturated rings. The van der Waals surface area contributed by atoms with Crippen molar-refractivity contribution in [2.45, 2.75) is 44.6 Å². The predicted molar refractivity (Wildman–Crippen MR) is 77.1 cm³/mol. The van der Waals surface area contributed by atoms with Crippen molar-refractivity contribution in [3.05, 3.63) is 47.6 Å². The highest BCUT2D eigenvalue weighted by Crippen LogP contribution is 2.34. The fourth-order valence-electron chi connectivity index (χ4n) is 3.01. The quantitative estimate of drug-likeness (QED) is 0.929. The third-order valence-corrected chi connectivity index (χ3v) is 4.18. The third-order valence-electron chi connectivity index (χ3n) is 4.18. The summed E-state index contributed by atoms with van der Waals surface area (Å²) in [4.78, 5) is 4.54. The zero-order valence-corrected chi connectivity index (χ0v) is 11.8. The second-order valence-corrected chi connectivity index (χ2v) is 5.85. The molecule has 4 heteroatoms. The van der Waals surface area contributed by atoms with Gasteiger partial charge in [0.2, 0.25) is 5.89 Å². The summed E-state index contributed by atoms with van der Waals surface area (Å²) >= 11 is 0. The average Bonchev–Trinajstić information content (AvgIpc) is 2.97. The molecule has 1 saturated carbocycles. The summed E-state index contributed by atoms with van der Waals surface area (Å²) in [5.74, 6) is 2.53. The predicted octanol–water partition coefficient (Wildman–Crippen LogP) is 3.41. The Balaban J connectivity index is 1.76. The molecular weight excluding hydrogens is 250 g/mol. The van der Waals surface area contributed by atoms with Crippen LogP contribution in [0.15, 0.2) is 34.9 Å². The first-order valence-corrected chi connectivity index (χ1v) is 7.38. The third kappa shape index (κ3) is 2.75. The Morgan fingerprint density at radius 1 is 1.25 bits per heavy atom. The largest absolute Gasteiger partial charge is 0.337 e. The number of aromatic nitrogens is 2. The van der Waals surface area contributed by atoms with Crippen LogP contribution >= 0.6 is 0 Å². The van der Waals surface area contributed by atoms with E-state index in [1.807, 2.05) is 30.3 Å². The Labute approximate surface area is 119 Å². The molecule has 0 spiro atoms. The van der Waals surface area contributed by atoms with E-state index in [2.05, 4.69) is 17.1 Å². The van der Waals surface area contributed by atoms with Crippen LogP contribution < -0.4 is 5.73 Å². The smallest absolute Gasteiger partial charge is 0.248 e. The van der Waals surface area contributed by atoms with Gasteiger partial charge in [-0.1, -0.05) is 55.3 Å². The summed E-state index contributed by atoms with van der Waals surface area (Å²) in [6, 6.07) is 9.54. The minimum absolute atomic E-state index is 0.335. The summed E-state index contributed by atoms with van der Waals surface area (Å²) in [5, 5.41) is 4.15. The van der Waals surface area contributed by atoms with Crippen LogP contribution in [0.5, 0.6) is 0 Å². The molecule has 1 aromatic carbocycles. The summed E-state index contributed by atoms with van der Waals surface area (Å²) in [6.07, 6.45) is 4.87. The molecule has 1 aromatic heterocycles. The highest BCUT2D eigenvalue weighted by atomic mass is 16.5. The second kappa shape index (κ2) is 5.75. The van der Waals surface area contributed by atoms with Crippen LogP contribution in [0.4, 0.5) is 0 Å². The molecule has 0 radical (unpaired) electrons. The van der Waals surface area contributed by atoms with Gasteiger partial charge in [0.05, 0.1) is 0 Å². The maximum Gasteiger partial charge on any atom is 0.248 e. The molecule has 2 N–H and O–H groups in total. The first-order valence-electron chi connectivity index (χ1n) is 7.38. The lowest BCUT2D eigenvalue weighted by Gasteiger charge is -2.23. The van der Waals surface area contributed by atoms with Crippen molar-refractivity contribution in [2.24, 2.45) is 11.7 Å². The van der Waals surface area contributed by atoms with E-state index in [0.717, 1.165) is 30.1 Å². The fourth-order valence-corrected chi connectivity index (χ4v) is 3.01. The van der Waals surface area contributed by atoms with E-state index < -0.39 is 0 Å². The Morgan fingerprint density at radius 2 is 2.05 bits per heavy atom. The van der Waals surface area contributed by atoms with Gasteiger partial charge in [0, 0.05) is 5.92 Å². The van der Waals surface area contributed by atoms with Crippen molar-refractivity contribution < 1.29 is 4.52 Å². The molecule has 1 aliphatic carbocycles. The van der Waals surface area contributed by atoms with Crippen LogP contribution in [0, 0.1) is 5.92 Å². The van der Waals surface area contributed by atoms with Gasteiger partial charge in [0.15, 0.2) is 5.82 Å². The van der Waals surface area contributed by atoms with Crippen LogP contribution in [0.3, 0.4) is 0 Å². The molecule has 0 saturated heterocycles. The molecule has 3 unspecified atom stereocenters. The van der Waals surface area contributed by atoms with Crippen molar-refractivity contribution in [1.29, 1.82) is 0 Å². The highest BCUT2D eigenvalue weighted by molar-refractivity contribution is 5.23. The van der Waals surface area contributed by atoms with Gasteiger partial charge in [0.25, 0.3) is 0 Å². The summed E-state index contributed by atoms with van der Waals surface area (Å²) in [5.41, 5.74) is 7.19. The highest BCUT2D eigenvalue weighted by Gasteiger charge is 2.26. The Bertz CT molecular complexity index is 552. The zero-order valence-electron chi connectivity index (χ0n) is 11.8. The number of nitrogens with zero attached hydrogens (tertiary/aromatic N) is 2. The summed E-state index contributed by atoms with van der Waals surface area (Å²) in [7, 11) is 0. The maximum atomic E-state index is 6.19. The van der Waals surface area contributed by atoms with Gasteiger partial charge < -0.3 is 10.3 Å². The van der Waals surface area contributed by atoms with Gasteiger partial charge in [-0.05, 0) is 24.3 Å². The SMILES string of the molecule is CC1CCCC(c2noc(C(N)c3ccccc3)n2)C1. The summed E-state index contributed by atoms with van der Waals surface area (Å²) < 4.78 is 5.38. The van der Waals surface area contributed by atoms with Gasteiger partial charge in [-0.2, -0.15) is 4.98 Å². The van der Waals surface area contributed by atoms with E-state index >= 15 is 0 Å². The van der Waals surface area contributed by atoms with Crippen molar-refractivity contribution in [1.82, 2.24) is 10.1 Å². The average molecular weight is 271 g/mol. The lowest BCUT2D eigenvalue weighted by molar-refractivity contribution is 0.318. The first kappa shape index (κ1) is 13.3. The van der Waals surface area contributed by atoms with Gasteiger partial charge in [-0.15, -0.1) is 0 Å². The van der Waals surface area contributed by atoms with E-state index in [0.29, 0.717) is 11.8 Å². The molecule has 0 aliphatic heterocycles. The second-order valence-electron chi connectivity index (χ2n) is 5.85. The standard InChI is InChI=1S/C16H21N3O/c1-11-6-5-9-13(10-11)15-18-16(20-19-15)14(17)12-7-3-2-4-8-12/h2-4,7-8,11,13-14H,5-6,9-10,17H2,1H3. The topological polar surface area (TPSA) is 64.9 Å². The minimum atomic E-state index is -0.335. The van der Waals surface area contributed by atoms with E-state index in [-0.39, 0.29) is 6.04 Å². The Hall–Kier alpha value is -1.68. The van der Waals surface area contributed by atoms with Crippen LogP contribution in [0.25, 0.3) is 0 Å². The van der Waals surface area contributed by atoms with Gasteiger partial charge in [-0.25, -0.2) is 0 Å². The molecular formula is C16H21N3O. The molecule has 20 heavy (non-hydrogen) atoms. The Morgan fingerprint density at radius 3 is 2.80 bits per heavy atom. The lowest BCUT2D eigenvalue weighted by atomic mass is 9.82. The van der Waals surface area contributed by atoms with Crippen molar-refractivity contribution in [3.63, 3.8) is 0 Å².